The van der Waals surface area contributed by atoms with Gasteiger partial charge in [-0.25, -0.2) is 0 Å². The monoisotopic (exact) mass is 237 g/mol. The highest BCUT2D eigenvalue weighted by atomic mass is 32.2. The second-order valence-corrected chi connectivity index (χ2v) is 6.46. The molecule has 0 aliphatic heterocycles. The third-order valence-electron chi connectivity index (χ3n) is 3.38. The molecular formula is C13H19NOS. The quantitative estimate of drug-likeness (QED) is 0.874. The van der Waals surface area contributed by atoms with Gasteiger partial charge < -0.3 is 5.73 Å². The highest BCUT2D eigenvalue weighted by molar-refractivity contribution is 7.85. The van der Waals surface area contributed by atoms with Crippen LogP contribution in [0.1, 0.15) is 31.4 Å². The molecule has 0 saturated carbocycles. The Morgan fingerprint density at radius 3 is 2.62 bits per heavy atom. The smallest absolute Gasteiger partial charge is 0.0573 e. The van der Waals surface area contributed by atoms with E-state index in [0.717, 1.165) is 11.3 Å². The van der Waals surface area contributed by atoms with Gasteiger partial charge in [-0.2, -0.15) is 0 Å². The van der Waals surface area contributed by atoms with Gasteiger partial charge in [0.25, 0.3) is 0 Å². The Morgan fingerprint density at radius 2 is 1.94 bits per heavy atom. The first kappa shape index (κ1) is 11.8. The molecule has 1 aromatic rings. The van der Waals surface area contributed by atoms with E-state index in [1.807, 2.05) is 19.9 Å². The minimum Gasteiger partial charge on any atom is -0.327 e. The van der Waals surface area contributed by atoms with Crippen LogP contribution in [0.15, 0.2) is 23.1 Å². The zero-order valence-corrected chi connectivity index (χ0v) is 10.7. The molecule has 16 heavy (non-hydrogen) atoms. The van der Waals surface area contributed by atoms with Gasteiger partial charge in [0.05, 0.1) is 16.0 Å². The molecule has 3 heteroatoms. The molecule has 0 aromatic heterocycles. The summed E-state index contributed by atoms with van der Waals surface area (Å²) in [6, 6.07) is 6.20. The number of rotatable bonds is 3. The van der Waals surface area contributed by atoms with Crippen LogP contribution < -0.4 is 5.73 Å². The van der Waals surface area contributed by atoms with Crippen molar-refractivity contribution in [3.05, 3.63) is 29.3 Å². The summed E-state index contributed by atoms with van der Waals surface area (Å²) in [6.07, 6.45) is 3.53. The van der Waals surface area contributed by atoms with Crippen molar-refractivity contribution in [3.63, 3.8) is 0 Å². The Morgan fingerprint density at radius 1 is 1.25 bits per heavy atom. The van der Waals surface area contributed by atoms with Gasteiger partial charge >= 0.3 is 0 Å². The SMILES string of the molecule is CC(N)C(C)S(=O)c1ccc2c(c1)CCC2. The van der Waals surface area contributed by atoms with Crippen LogP contribution in [0.4, 0.5) is 0 Å². The van der Waals surface area contributed by atoms with Crippen LogP contribution in [0.2, 0.25) is 0 Å². The van der Waals surface area contributed by atoms with Gasteiger partial charge in [-0.3, -0.25) is 4.21 Å². The summed E-state index contributed by atoms with van der Waals surface area (Å²) in [5.41, 5.74) is 8.60. The van der Waals surface area contributed by atoms with Gasteiger partial charge in [0.15, 0.2) is 0 Å². The van der Waals surface area contributed by atoms with Gasteiger partial charge in [0.2, 0.25) is 0 Å². The summed E-state index contributed by atoms with van der Waals surface area (Å²) in [5.74, 6) is 0. The zero-order chi connectivity index (χ0) is 11.7. The number of benzene rings is 1. The van der Waals surface area contributed by atoms with E-state index in [4.69, 9.17) is 5.73 Å². The van der Waals surface area contributed by atoms with Crippen LogP contribution in [-0.2, 0) is 23.6 Å². The van der Waals surface area contributed by atoms with Gasteiger partial charge in [-0.15, -0.1) is 0 Å². The van der Waals surface area contributed by atoms with Crippen molar-refractivity contribution >= 4 is 10.8 Å². The summed E-state index contributed by atoms with van der Waals surface area (Å²) < 4.78 is 12.2. The molecule has 1 aliphatic carbocycles. The standard InChI is InChI=1S/C13H19NOS/c1-9(14)10(2)16(15)13-7-6-11-4-3-5-12(11)8-13/h6-10H,3-5,14H2,1-2H3. The number of hydrogen-bond donors (Lipinski definition) is 1. The van der Waals surface area contributed by atoms with E-state index in [1.165, 1.54) is 24.0 Å². The number of hydrogen-bond acceptors (Lipinski definition) is 2. The number of aryl methyl sites for hydroxylation is 2. The van der Waals surface area contributed by atoms with Crippen LogP contribution in [-0.4, -0.2) is 15.5 Å². The van der Waals surface area contributed by atoms with Crippen molar-refractivity contribution in [1.82, 2.24) is 0 Å². The van der Waals surface area contributed by atoms with E-state index in [1.54, 1.807) is 0 Å². The average Bonchev–Trinajstić information content (AvgIpc) is 2.73. The fourth-order valence-electron chi connectivity index (χ4n) is 2.08. The molecule has 0 saturated heterocycles. The molecule has 2 N–H and O–H groups in total. The Labute approximate surface area is 99.7 Å². The number of fused-ring (bicyclic) bond motifs is 1. The molecule has 2 nitrogen and oxygen atoms in total. The minimum absolute atomic E-state index is 0.0134. The third-order valence-corrected chi connectivity index (χ3v) is 5.20. The van der Waals surface area contributed by atoms with Crippen molar-refractivity contribution in [2.45, 2.75) is 49.3 Å². The number of nitrogens with two attached hydrogens (primary N) is 1. The Hall–Kier alpha value is -0.670. The molecule has 1 aromatic carbocycles. The molecule has 0 fully saturated rings. The summed E-state index contributed by atoms with van der Waals surface area (Å²) in [7, 11) is -0.976. The molecule has 0 radical (unpaired) electrons. The van der Waals surface area contributed by atoms with Gasteiger partial charge in [0.1, 0.15) is 0 Å². The maximum atomic E-state index is 12.2. The van der Waals surface area contributed by atoms with Crippen molar-refractivity contribution in [3.8, 4) is 0 Å². The van der Waals surface area contributed by atoms with Crippen LogP contribution in [0.25, 0.3) is 0 Å². The summed E-state index contributed by atoms with van der Waals surface area (Å²) >= 11 is 0. The Balaban J connectivity index is 2.25. The molecule has 3 unspecified atom stereocenters. The molecule has 88 valence electrons. The Kier molecular flexibility index (Phi) is 3.45. The summed E-state index contributed by atoms with van der Waals surface area (Å²) in [5, 5.41) is 0.0134. The van der Waals surface area contributed by atoms with Gasteiger partial charge in [-0.05, 0) is 56.4 Å². The molecule has 3 atom stereocenters. The second kappa shape index (κ2) is 4.68. The van der Waals surface area contributed by atoms with Gasteiger partial charge in [-0.1, -0.05) is 6.07 Å². The third kappa shape index (κ3) is 2.20. The van der Waals surface area contributed by atoms with Gasteiger partial charge in [0, 0.05) is 10.9 Å². The van der Waals surface area contributed by atoms with Crippen molar-refractivity contribution in [2.24, 2.45) is 5.73 Å². The molecule has 0 bridgehead atoms. The van der Waals surface area contributed by atoms with Crippen LogP contribution in [0, 0.1) is 0 Å². The lowest BCUT2D eigenvalue weighted by atomic mass is 10.1. The van der Waals surface area contributed by atoms with E-state index in [9.17, 15) is 4.21 Å². The van der Waals surface area contributed by atoms with E-state index < -0.39 is 10.8 Å². The maximum absolute atomic E-state index is 12.2. The van der Waals surface area contributed by atoms with Crippen LogP contribution in [0.5, 0.6) is 0 Å². The van der Waals surface area contributed by atoms with E-state index in [2.05, 4.69) is 12.1 Å². The average molecular weight is 237 g/mol. The van der Waals surface area contributed by atoms with E-state index >= 15 is 0 Å². The molecule has 1 aliphatic rings. The normalized spacial score (nSPS) is 20.2. The molecular weight excluding hydrogens is 218 g/mol. The first-order valence-electron chi connectivity index (χ1n) is 5.87. The zero-order valence-electron chi connectivity index (χ0n) is 9.90. The molecule has 0 heterocycles. The van der Waals surface area contributed by atoms with Crippen molar-refractivity contribution in [2.75, 3.05) is 0 Å². The van der Waals surface area contributed by atoms with E-state index in [0.29, 0.717) is 0 Å². The lowest BCUT2D eigenvalue weighted by Crippen LogP contribution is -2.32. The lowest BCUT2D eigenvalue weighted by Gasteiger charge is -2.15. The molecule has 2 rings (SSSR count). The van der Waals surface area contributed by atoms with Crippen LogP contribution in [0.3, 0.4) is 0 Å². The first-order valence-corrected chi connectivity index (χ1v) is 7.09. The maximum Gasteiger partial charge on any atom is 0.0573 e. The summed E-state index contributed by atoms with van der Waals surface area (Å²) in [4.78, 5) is 0.936. The summed E-state index contributed by atoms with van der Waals surface area (Å²) in [6.45, 7) is 3.87. The fraction of sp³-hybridized carbons (Fsp3) is 0.538. The van der Waals surface area contributed by atoms with Crippen molar-refractivity contribution in [1.29, 1.82) is 0 Å². The predicted octanol–water partition coefficient (Wildman–Crippen LogP) is 2.02. The van der Waals surface area contributed by atoms with Crippen molar-refractivity contribution < 1.29 is 4.21 Å². The highest BCUT2D eigenvalue weighted by Crippen LogP contribution is 2.25. The minimum atomic E-state index is -0.976. The fourth-order valence-corrected chi connectivity index (χ4v) is 3.36. The largest absolute Gasteiger partial charge is 0.327 e. The molecule has 0 amide bonds. The topological polar surface area (TPSA) is 43.1 Å². The second-order valence-electron chi connectivity index (χ2n) is 4.65. The lowest BCUT2D eigenvalue weighted by molar-refractivity contribution is 0.649. The van der Waals surface area contributed by atoms with E-state index in [-0.39, 0.29) is 11.3 Å². The predicted molar refractivity (Wildman–Crippen MR) is 68.0 cm³/mol. The Bertz CT molecular complexity index is 414. The molecule has 0 spiro atoms. The highest BCUT2D eigenvalue weighted by Gasteiger charge is 2.19. The van der Waals surface area contributed by atoms with Crippen LogP contribution >= 0.6 is 0 Å². The first-order chi connectivity index (χ1) is 7.59.